The summed E-state index contributed by atoms with van der Waals surface area (Å²) in [5.74, 6) is 1.15. The number of furan rings is 1. The van der Waals surface area contributed by atoms with Gasteiger partial charge in [-0.05, 0) is 12.1 Å². The van der Waals surface area contributed by atoms with E-state index in [4.69, 9.17) is 4.42 Å². The lowest BCUT2D eigenvalue weighted by Crippen LogP contribution is -2.46. The van der Waals surface area contributed by atoms with Crippen LogP contribution in [0.1, 0.15) is 24.5 Å². The van der Waals surface area contributed by atoms with Gasteiger partial charge in [0, 0.05) is 32.6 Å². The Balaban J connectivity index is 2.15. The zero-order valence-corrected chi connectivity index (χ0v) is 9.96. The molecule has 3 nitrogen and oxygen atoms in total. The van der Waals surface area contributed by atoms with Crippen LogP contribution in [0.15, 0.2) is 16.5 Å². The lowest BCUT2D eigenvalue weighted by atomic mass is 10.1. The molecule has 2 rings (SSSR count). The van der Waals surface area contributed by atoms with Crippen molar-refractivity contribution >= 4 is 0 Å². The molecule has 1 saturated heterocycles. The number of halogens is 2. The second-order valence-corrected chi connectivity index (χ2v) is 4.22. The van der Waals surface area contributed by atoms with E-state index in [1.165, 1.54) is 0 Å². The van der Waals surface area contributed by atoms with Crippen molar-refractivity contribution in [1.82, 2.24) is 10.2 Å². The summed E-state index contributed by atoms with van der Waals surface area (Å²) in [6.45, 7) is 4.73. The predicted molar refractivity (Wildman–Crippen MR) is 61.3 cm³/mol. The van der Waals surface area contributed by atoms with E-state index in [0.29, 0.717) is 18.8 Å². The smallest absolute Gasteiger partial charge is 0.261 e. The fourth-order valence-corrected chi connectivity index (χ4v) is 2.17. The fourth-order valence-electron chi connectivity index (χ4n) is 2.17. The maximum absolute atomic E-state index is 13.2. The molecule has 0 aliphatic carbocycles. The van der Waals surface area contributed by atoms with E-state index in [1.54, 1.807) is 17.0 Å². The van der Waals surface area contributed by atoms with Gasteiger partial charge in [-0.25, -0.2) is 8.78 Å². The molecule has 1 aromatic heterocycles. The molecule has 0 amide bonds. The molecule has 17 heavy (non-hydrogen) atoms. The highest BCUT2D eigenvalue weighted by Crippen LogP contribution is 2.29. The lowest BCUT2D eigenvalue weighted by molar-refractivity contribution is 0.00705. The van der Waals surface area contributed by atoms with Crippen LogP contribution in [0.5, 0.6) is 0 Å². The first kappa shape index (κ1) is 12.5. The van der Waals surface area contributed by atoms with Crippen molar-refractivity contribution < 1.29 is 13.2 Å². The third kappa shape index (κ3) is 2.84. The molecule has 0 bridgehead atoms. The molecule has 0 spiro atoms. The number of piperazine rings is 1. The van der Waals surface area contributed by atoms with Crippen molar-refractivity contribution in [2.24, 2.45) is 0 Å². The molecule has 2 heterocycles. The molecule has 96 valence electrons. The maximum atomic E-state index is 13.2. The van der Waals surface area contributed by atoms with Crippen LogP contribution in [0.3, 0.4) is 0 Å². The Hall–Kier alpha value is -0.940. The van der Waals surface area contributed by atoms with Gasteiger partial charge in [-0.1, -0.05) is 6.92 Å². The Kier molecular flexibility index (Phi) is 4.12. The van der Waals surface area contributed by atoms with E-state index >= 15 is 0 Å². The fraction of sp³-hybridized carbons (Fsp3) is 0.667. The summed E-state index contributed by atoms with van der Waals surface area (Å²) in [5, 5.41) is 3.16. The highest BCUT2D eigenvalue weighted by molar-refractivity contribution is 5.12. The molecule has 1 aromatic rings. The lowest BCUT2D eigenvalue weighted by Gasteiger charge is -2.33. The first-order valence-electron chi connectivity index (χ1n) is 6.04. The highest BCUT2D eigenvalue weighted by atomic mass is 19.3. The molecule has 0 radical (unpaired) electrons. The molecule has 1 fully saturated rings. The predicted octanol–water partition coefficient (Wildman–Crippen LogP) is 2.05. The zero-order chi connectivity index (χ0) is 12.3. The van der Waals surface area contributed by atoms with Crippen LogP contribution in [0.25, 0.3) is 0 Å². The van der Waals surface area contributed by atoms with Crippen molar-refractivity contribution in [2.45, 2.75) is 25.8 Å². The van der Waals surface area contributed by atoms with E-state index in [1.807, 2.05) is 6.92 Å². The number of alkyl halides is 2. The minimum Gasteiger partial charge on any atom is -0.464 e. The van der Waals surface area contributed by atoms with Gasteiger partial charge in [0.2, 0.25) is 0 Å². The zero-order valence-electron chi connectivity index (χ0n) is 9.96. The summed E-state index contributed by atoms with van der Waals surface area (Å²) in [5.41, 5.74) is 0. The minimum atomic E-state index is -2.41. The van der Waals surface area contributed by atoms with Crippen LogP contribution >= 0.6 is 0 Å². The van der Waals surface area contributed by atoms with Gasteiger partial charge < -0.3 is 9.73 Å². The SMILES string of the molecule is CCc1ccc([C@@H](C(F)F)N2CCNCC2)o1. The van der Waals surface area contributed by atoms with Crippen molar-refractivity contribution in [2.75, 3.05) is 26.2 Å². The van der Waals surface area contributed by atoms with Crippen LogP contribution in [-0.2, 0) is 6.42 Å². The van der Waals surface area contributed by atoms with Crippen molar-refractivity contribution in [3.63, 3.8) is 0 Å². The van der Waals surface area contributed by atoms with Gasteiger partial charge in [0.1, 0.15) is 17.6 Å². The van der Waals surface area contributed by atoms with E-state index < -0.39 is 12.5 Å². The van der Waals surface area contributed by atoms with Crippen LogP contribution in [0.4, 0.5) is 8.78 Å². The summed E-state index contributed by atoms with van der Waals surface area (Å²) in [6, 6.07) is 2.56. The number of nitrogens with one attached hydrogen (secondary N) is 1. The van der Waals surface area contributed by atoms with E-state index in [2.05, 4.69) is 5.32 Å². The Labute approximate surface area is 99.8 Å². The molecule has 0 aromatic carbocycles. The molecule has 0 saturated carbocycles. The summed E-state index contributed by atoms with van der Waals surface area (Å²) in [6.07, 6.45) is -1.68. The summed E-state index contributed by atoms with van der Waals surface area (Å²) in [7, 11) is 0. The van der Waals surface area contributed by atoms with Gasteiger partial charge in [-0.3, -0.25) is 4.90 Å². The molecule has 1 atom stereocenters. The molecule has 1 aliphatic heterocycles. The Morgan fingerprint density at radius 3 is 2.59 bits per heavy atom. The Morgan fingerprint density at radius 1 is 1.35 bits per heavy atom. The first-order chi connectivity index (χ1) is 8.22. The van der Waals surface area contributed by atoms with Gasteiger partial charge in [0.15, 0.2) is 0 Å². The van der Waals surface area contributed by atoms with Crippen LogP contribution < -0.4 is 5.32 Å². The average molecular weight is 244 g/mol. The number of rotatable bonds is 4. The third-order valence-electron chi connectivity index (χ3n) is 3.11. The first-order valence-corrected chi connectivity index (χ1v) is 6.04. The minimum absolute atomic E-state index is 0.388. The number of hydrogen-bond acceptors (Lipinski definition) is 3. The summed E-state index contributed by atoms with van der Waals surface area (Å²) in [4.78, 5) is 1.79. The molecular formula is C12H18F2N2O. The van der Waals surface area contributed by atoms with Crippen molar-refractivity contribution in [3.05, 3.63) is 23.7 Å². The van der Waals surface area contributed by atoms with Crippen LogP contribution in [0, 0.1) is 0 Å². The topological polar surface area (TPSA) is 28.4 Å². The largest absolute Gasteiger partial charge is 0.464 e. The van der Waals surface area contributed by atoms with E-state index in [0.717, 1.165) is 25.3 Å². The molecule has 0 unspecified atom stereocenters. The average Bonchev–Trinajstić information content (AvgIpc) is 2.79. The molecule has 1 N–H and O–H groups in total. The second-order valence-electron chi connectivity index (χ2n) is 4.22. The maximum Gasteiger partial charge on any atom is 0.261 e. The number of aryl methyl sites for hydroxylation is 1. The normalized spacial score (nSPS) is 19.8. The van der Waals surface area contributed by atoms with Crippen molar-refractivity contribution in [3.8, 4) is 0 Å². The summed E-state index contributed by atoms with van der Waals surface area (Å²) >= 11 is 0. The standard InChI is InChI=1S/C12H18F2N2O/c1-2-9-3-4-10(17-9)11(12(13)14)16-7-5-15-6-8-16/h3-4,11-12,15H,2,5-8H2,1H3/t11-/m0/s1. The van der Waals surface area contributed by atoms with Crippen LogP contribution in [-0.4, -0.2) is 37.5 Å². The van der Waals surface area contributed by atoms with Gasteiger partial charge >= 0.3 is 0 Å². The molecule has 5 heteroatoms. The molecular weight excluding hydrogens is 226 g/mol. The number of nitrogens with zero attached hydrogens (tertiary/aromatic N) is 1. The molecule has 1 aliphatic rings. The second kappa shape index (κ2) is 5.60. The van der Waals surface area contributed by atoms with Crippen LogP contribution in [0.2, 0.25) is 0 Å². The van der Waals surface area contributed by atoms with E-state index in [9.17, 15) is 8.78 Å². The monoisotopic (exact) mass is 244 g/mol. The summed E-state index contributed by atoms with van der Waals surface area (Å²) < 4.78 is 31.8. The van der Waals surface area contributed by atoms with Gasteiger partial charge in [0.05, 0.1) is 0 Å². The highest BCUT2D eigenvalue weighted by Gasteiger charge is 2.32. The Morgan fingerprint density at radius 2 is 2.06 bits per heavy atom. The quantitative estimate of drug-likeness (QED) is 0.878. The van der Waals surface area contributed by atoms with E-state index in [-0.39, 0.29) is 0 Å². The third-order valence-corrected chi connectivity index (χ3v) is 3.11. The van der Waals surface area contributed by atoms with Gasteiger partial charge in [0.25, 0.3) is 6.43 Å². The number of hydrogen-bond donors (Lipinski definition) is 1. The van der Waals surface area contributed by atoms with Crippen molar-refractivity contribution in [1.29, 1.82) is 0 Å². The van der Waals surface area contributed by atoms with Gasteiger partial charge in [-0.2, -0.15) is 0 Å². The van der Waals surface area contributed by atoms with Gasteiger partial charge in [-0.15, -0.1) is 0 Å². The Bertz CT molecular complexity index is 348.